The molecule has 0 saturated carbocycles. The van der Waals surface area contributed by atoms with Gasteiger partial charge in [-0.25, -0.2) is 0 Å². The molecule has 0 spiro atoms. The lowest BCUT2D eigenvalue weighted by Gasteiger charge is -2.20. The van der Waals surface area contributed by atoms with Crippen LogP contribution in [0.2, 0.25) is 0 Å². The van der Waals surface area contributed by atoms with Crippen molar-refractivity contribution in [2.75, 3.05) is 6.61 Å². The highest BCUT2D eigenvalue weighted by Gasteiger charge is 2.24. The first-order valence-electron chi connectivity index (χ1n) is 5.86. The average Bonchev–Trinajstić information content (AvgIpc) is 2.86. The molecule has 0 bridgehead atoms. The van der Waals surface area contributed by atoms with Crippen LogP contribution < -0.4 is 5.32 Å². The van der Waals surface area contributed by atoms with Gasteiger partial charge in [-0.1, -0.05) is 38.2 Å². The van der Waals surface area contributed by atoms with Crippen molar-refractivity contribution in [3.05, 3.63) is 47.1 Å². The molecule has 0 fully saturated rings. The molecule has 0 aromatic carbocycles. The molecular weight excluding hydrogens is 214 g/mol. The van der Waals surface area contributed by atoms with Crippen molar-refractivity contribution in [1.82, 2.24) is 5.32 Å². The second-order valence-electron chi connectivity index (χ2n) is 4.65. The Hall–Kier alpha value is -1.61. The van der Waals surface area contributed by atoms with E-state index in [0.29, 0.717) is 5.57 Å². The van der Waals surface area contributed by atoms with Crippen LogP contribution in [0.4, 0.5) is 0 Å². The summed E-state index contributed by atoms with van der Waals surface area (Å²) in [6.07, 6.45) is 9.63. The van der Waals surface area contributed by atoms with E-state index in [4.69, 9.17) is 0 Å². The van der Waals surface area contributed by atoms with E-state index in [2.05, 4.69) is 5.32 Å². The summed E-state index contributed by atoms with van der Waals surface area (Å²) in [7, 11) is 0. The molecule has 2 rings (SSSR count). The molecule has 2 aliphatic rings. The molecule has 2 aliphatic carbocycles. The van der Waals surface area contributed by atoms with Crippen molar-refractivity contribution < 1.29 is 9.90 Å². The number of hydrogen-bond donors (Lipinski definition) is 2. The standard InChI is InChI=1S/C14H17NO2/c1-9(2)13(8-16)15-14(17)12-7-6-10-4-3-5-11(10)12/h3-7,9,13,16H,8H2,1-2H3,(H,15,17)/t13-/m1/s1. The lowest BCUT2D eigenvalue weighted by molar-refractivity contribution is -0.118. The van der Waals surface area contributed by atoms with Gasteiger partial charge in [-0.15, -0.1) is 0 Å². The molecule has 0 radical (unpaired) electrons. The van der Waals surface area contributed by atoms with Crippen LogP contribution in [-0.2, 0) is 4.79 Å². The smallest absolute Gasteiger partial charge is 0.252 e. The van der Waals surface area contributed by atoms with E-state index in [0.717, 1.165) is 11.1 Å². The van der Waals surface area contributed by atoms with Gasteiger partial charge in [0.2, 0.25) is 0 Å². The molecule has 3 heteroatoms. The minimum atomic E-state index is -0.192. The number of amides is 1. The Morgan fingerprint density at radius 3 is 2.76 bits per heavy atom. The van der Waals surface area contributed by atoms with Crippen molar-refractivity contribution in [1.29, 1.82) is 0 Å². The molecule has 0 aliphatic heterocycles. The van der Waals surface area contributed by atoms with Gasteiger partial charge in [0, 0.05) is 5.57 Å². The molecule has 0 heterocycles. The Morgan fingerprint density at radius 2 is 2.12 bits per heavy atom. The van der Waals surface area contributed by atoms with Crippen molar-refractivity contribution in [3.8, 4) is 0 Å². The number of nitrogens with one attached hydrogen (secondary N) is 1. The van der Waals surface area contributed by atoms with Crippen LogP contribution in [0.25, 0.3) is 0 Å². The number of fused-ring (bicyclic) bond motifs is 1. The number of rotatable bonds is 4. The van der Waals surface area contributed by atoms with Crippen molar-refractivity contribution in [3.63, 3.8) is 0 Å². The predicted molar refractivity (Wildman–Crippen MR) is 67.2 cm³/mol. The van der Waals surface area contributed by atoms with E-state index >= 15 is 0 Å². The van der Waals surface area contributed by atoms with Crippen LogP contribution in [0.3, 0.4) is 0 Å². The number of aliphatic hydroxyl groups is 1. The third kappa shape index (κ3) is 2.24. The monoisotopic (exact) mass is 231 g/mol. The topological polar surface area (TPSA) is 49.3 Å². The fourth-order valence-corrected chi connectivity index (χ4v) is 1.95. The Balaban J connectivity index is 2.03. The number of hydrogen-bond acceptors (Lipinski definition) is 2. The highest BCUT2D eigenvalue weighted by atomic mass is 16.3. The maximum atomic E-state index is 12.1. The lowest BCUT2D eigenvalue weighted by Crippen LogP contribution is -2.41. The minimum Gasteiger partial charge on any atom is -0.394 e. The first-order chi connectivity index (χ1) is 8.13. The largest absolute Gasteiger partial charge is 0.394 e. The summed E-state index contributed by atoms with van der Waals surface area (Å²) in [5.74, 6) is 0.105. The van der Waals surface area contributed by atoms with Gasteiger partial charge in [-0.3, -0.25) is 4.79 Å². The zero-order chi connectivity index (χ0) is 12.4. The summed E-state index contributed by atoms with van der Waals surface area (Å²) in [5.41, 5.74) is 2.74. The van der Waals surface area contributed by atoms with Gasteiger partial charge < -0.3 is 10.4 Å². The molecule has 0 aromatic heterocycles. The predicted octanol–water partition coefficient (Wildman–Crippen LogP) is 1.48. The molecular formula is C14H17NO2. The first-order valence-corrected chi connectivity index (χ1v) is 5.86. The summed E-state index contributed by atoms with van der Waals surface area (Å²) < 4.78 is 0. The number of aliphatic hydroxyl groups excluding tert-OH is 1. The number of carbonyl (C=O) groups is 1. The molecule has 2 N–H and O–H groups in total. The van der Waals surface area contributed by atoms with Gasteiger partial charge in [0.1, 0.15) is 0 Å². The van der Waals surface area contributed by atoms with E-state index in [-0.39, 0.29) is 24.5 Å². The van der Waals surface area contributed by atoms with Crippen LogP contribution in [-0.4, -0.2) is 23.7 Å². The number of allylic oxidation sites excluding steroid dienone is 6. The maximum absolute atomic E-state index is 12.1. The molecule has 0 aromatic rings. The van der Waals surface area contributed by atoms with Crippen LogP contribution >= 0.6 is 0 Å². The highest BCUT2D eigenvalue weighted by molar-refractivity contribution is 6.02. The zero-order valence-corrected chi connectivity index (χ0v) is 10.1. The van der Waals surface area contributed by atoms with Gasteiger partial charge in [0.25, 0.3) is 5.91 Å². The number of carbonyl (C=O) groups excluding carboxylic acids is 1. The van der Waals surface area contributed by atoms with E-state index in [1.165, 1.54) is 0 Å². The molecule has 0 saturated heterocycles. The second kappa shape index (κ2) is 4.72. The van der Waals surface area contributed by atoms with Gasteiger partial charge >= 0.3 is 0 Å². The van der Waals surface area contributed by atoms with Crippen molar-refractivity contribution >= 4 is 5.91 Å². The molecule has 90 valence electrons. The summed E-state index contributed by atoms with van der Waals surface area (Å²) in [6, 6.07) is -0.192. The third-order valence-corrected chi connectivity index (χ3v) is 3.13. The van der Waals surface area contributed by atoms with Gasteiger partial charge in [-0.05, 0) is 23.1 Å². The summed E-state index contributed by atoms with van der Waals surface area (Å²) in [6.45, 7) is 3.92. The van der Waals surface area contributed by atoms with Gasteiger partial charge in [0.15, 0.2) is 0 Å². The SMILES string of the molecule is CC(C)[C@@H](CO)NC(=O)C1=CC=C2C=CC=C21. The van der Waals surface area contributed by atoms with E-state index in [9.17, 15) is 9.90 Å². The Bertz CT molecular complexity index is 453. The van der Waals surface area contributed by atoms with Crippen LogP contribution in [0.5, 0.6) is 0 Å². The third-order valence-electron chi connectivity index (χ3n) is 3.13. The summed E-state index contributed by atoms with van der Waals surface area (Å²) >= 11 is 0. The van der Waals surface area contributed by atoms with Gasteiger partial charge in [0.05, 0.1) is 12.6 Å². The van der Waals surface area contributed by atoms with Crippen LogP contribution in [0.15, 0.2) is 47.1 Å². The molecule has 17 heavy (non-hydrogen) atoms. The Morgan fingerprint density at radius 1 is 1.35 bits per heavy atom. The first kappa shape index (κ1) is 11.9. The fraction of sp³-hybridized carbons (Fsp3) is 0.357. The highest BCUT2D eigenvalue weighted by Crippen LogP contribution is 2.31. The van der Waals surface area contributed by atoms with Crippen molar-refractivity contribution in [2.24, 2.45) is 5.92 Å². The van der Waals surface area contributed by atoms with Crippen molar-refractivity contribution in [2.45, 2.75) is 19.9 Å². The van der Waals surface area contributed by atoms with E-state index in [1.54, 1.807) is 0 Å². The fourth-order valence-electron chi connectivity index (χ4n) is 1.95. The normalized spacial score (nSPS) is 18.7. The van der Waals surface area contributed by atoms with Crippen LogP contribution in [0, 0.1) is 5.92 Å². The molecule has 1 atom stereocenters. The minimum absolute atomic E-state index is 0.0335. The molecule has 0 unspecified atom stereocenters. The average molecular weight is 231 g/mol. The molecule has 1 amide bonds. The Kier molecular flexibility index (Phi) is 3.29. The summed E-state index contributed by atoms with van der Waals surface area (Å²) in [5, 5.41) is 12.1. The van der Waals surface area contributed by atoms with E-state index in [1.807, 2.05) is 44.2 Å². The summed E-state index contributed by atoms with van der Waals surface area (Å²) in [4.78, 5) is 12.1. The quantitative estimate of drug-likeness (QED) is 0.770. The second-order valence-corrected chi connectivity index (χ2v) is 4.65. The zero-order valence-electron chi connectivity index (χ0n) is 10.1. The maximum Gasteiger partial charge on any atom is 0.252 e. The van der Waals surface area contributed by atoms with E-state index < -0.39 is 0 Å². The lowest BCUT2D eigenvalue weighted by atomic mass is 10.0. The Labute approximate surface area is 101 Å². The van der Waals surface area contributed by atoms with Crippen LogP contribution in [0.1, 0.15) is 13.8 Å². The van der Waals surface area contributed by atoms with Gasteiger partial charge in [-0.2, -0.15) is 0 Å². The molecule has 3 nitrogen and oxygen atoms in total.